The third-order valence-corrected chi connectivity index (χ3v) is 7.82. The minimum absolute atomic E-state index is 0.186. The van der Waals surface area contributed by atoms with Gasteiger partial charge in [0, 0.05) is 44.5 Å². The van der Waals surface area contributed by atoms with E-state index in [4.69, 9.17) is 14.2 Å². The first kappa shape index (κ1) is 23.8. The molecule has 2 saturated heterocycles. The number of likely N-dealkylation sites (tertiary alicyclic amines) is 1. The molecule has 5 heterocycles. The summed E-state index contributed by atoms with van der Waals surface area (Å²) in [5.74, 6) is 2.29. The summed E-state index contributed by atoms with van der Waals surface area (Å²) in [5, 5.41) is 0. The normalized spacial score (nSPS) is 23.0. The molecule has 2 aromatic rings. The minimum Gasteiger partial charge on any atom is -0.486 e. The topological polar surface area (TPSA) is 84.4 Å². The number of anilines is 1. The number of carbonyl (C=O) groups excluding carboxylic acids is 2. The number of ether oxygens (including phenoxy) is 3. The van der Waals surface area contributed by atoms with E-state index in [1.165, 1.54) is 12.7 Å². The van der Waals surface area contributed by atoms with Gasteiger partial charge < -0.3 is 24.0 Å². The predicted molar refractivity (Wildman–Crippen MR) is 138 cm³/mol. The fourth-order valence-electron chi connectivity index (χ4n) is 5.96. The molecular weight excluding hydrogens is 472 g/mol. The van der Waals surface area contributed by atoms with E-state index in [1.807, 2.05) is 23.1 Å². The van der Waals surface area contributed by atoms with Gasteiger partial charge in [-0.2, -0.15) is 0 Å². The molecule has 0 radical (unpaired) electrons. The Kier molecular flexibility index (Phi) is 6.46. The summed E-state index contributed by atoms with van der Waals surface area (Å²) in [5.41, 5.74) is 2.84. The Labute approximate surface area is 216 Å². The number of nitrogens with zero attached hydrogens (tertiary/aromatic N) is 4. The molecule has 1 aromatic carbocycles. The van der Waals surface area contributed by atoms with Gasteiger partial charge >= 0.3 is 5.97 Å². The van der Waals surface area contributed by atoms with Crippen molar-refractivity contribution in [3.05, 3.63) is 53.7 Å². The number of pyridine rings is 1. The molecule has 9 heteroatoms. The molecule has 1 aromatic heterocycles. The number of hydrogen-bond acceptors (Lipinski definition) is 8. The lowest BCUT2D eigenvalue weighted by Crippen LogP contribution is -2.56. The zero-order valence-corrected chi connectivity index (χ0v) is 21.1. The second kappa shape index (κ2) is 10.0. The Balaban J connectivity index is 1.05. The third-order valence-electron chi connectivity index (χ3n) is 7.82. The first-order valence-corrected chi connectivity index (χ1v) is 13.0. The Hall–Kier alpha value is -3.59. The Morgan fingerprint density at radius 1 is 1.05 bits per heavy atom. The van der Waals surface area contributed by atoms with E-state index < -0.39 is 0 Å². The van der Waals surface area contributed by atoms with Crippen LogP contribution in [0.1, 0.15) is 35.2 Å². The van der Waals surface area contributed by atoms with E-state index >= 15 is 0 Å². The summed E-state index contributed by atoms with van der Waals surface area (Å²) in [6.45, 7) is 4.65. The molecule has 0 aliphatic carbocycles. The molecule has 194 valence electrons. The lowest BCUT2D eigenvalue weighted by molar-refractivity contribution is -0.132. The number of esters is 1. The summed E-state index contributed by atoms with van der Waals surface area (Å²) in [4.78, 5) is 36.1. The summed E-state index contributed by atoms with van der Waals surface area (Å²) in [7, 11) is 1.37. The third kappa shape index (κ3) is 4.75. The van der Waals surface area contributed by atoms with Crippen LogP contribution in [-0.2, 0) is 9.53 Å². The number of benzene rings is 1. The second-order valence-corrected chi connectivity index (χ2v) is 10.1. The molecule has 4 aliphatic rings. The number of rotatable bonds is 5. The molecule has 37 heavy (non-hydrogen) atoms. The standard InChI is InChI=1S/C28H32N4O5/c1-35-28(34)21-3-7-26(29-15-21)32-22-4-5-23(32)17-30(16-22)18-27(33)31-10-8-19(9-11-31)20-2-6-24-25(14-20)37-13-12-36-24/h2-3,6-8,14-15,22-23H,4-5,9-13,16-18H2,1H3. The quantitative estimate of drug-likeness (QED) is 0.575. The Bertz CT molecular complexity index is 1200. The molecular formula is C28H32N4O5. The first-order valence-electron chi connectivity index (χ1n) is 13.0. The molecule has 4 aliphatic heterocycles. The van der Waals surface area contributed by atoms with Crippen LogP contribution in [0.4, 0.5) is 5.82 Å². The van der Waals surface area contributed by atoms with Crippen molar-refractivity contribution >= 4 is 23.3 Å². The molecule has 2 atom stereocenters. The first-order chi connectivity index (χ1) is 18.1. The molecule has 2 fully saturated rings. The fourth-order valence-corrected chi connectivity index (χ4v) is 5.96. The number of carbonyl (C=O) groups is 2. The zero-order valence-electron chi connectivity index (χ0n) is 21.1. The summed E-state index contributed by atoms with van der Waals surface area (Å²) in [6, 6.07) is 10.4. The fraction of sp³-hybridized carbons (Fsp3) is 0.464. The van der Waals surface area contributed by atoms with Gasteiger partial charge in [-0.25, -0.2) is 9.78 Å². The second-order valence-electron chi connectivity index (χ2n) is 10.1. The van der Waals surface area contributed by atoms with Gasteiger partial charge in [-0.05, 0) is 54.7 Å². The van der Waals surface area contributed by atoms with Crippen LogP contribution in [0.5, 0.6) is 11.5 Å². The highest BCUT2D eigenvalue weighted by molar-refractivity contribution is 5.89. The van der Waals surface area contributed by atoms with Crippen molar-refractivity contribution in [1.29, 1.82) is 0 Å². The van der Waals surface area contributed by atoms with Crippen LogP contribution in [0, 0.1) is 0 Å². The maximum absolute atomic E-state index is 13.2. The van der Waals surface area contributed by atoms with Crippen LogP contribution in [0.2, 0.25) is 0 Å². The summed E-state index contributed by atoms with van der Waals surface area (Å²) in [6.07, 6.45) is 6.75. The van der Waals surface area contributed by atoms with Crippen molar-refractivity contribution in [2.45, 2.75) is 31.3 Å². The summed E-state index contributed by atoms with van der Waals surface area (Å²) >= 11 is 0. The van der Waals surface area contributed by atoms with Gasteiger partial charge in [0.2, 0.25) is 5.91 Å². The number of amides is 1. The number of aromatic nitrogens is 1. The van der Waals surface area contributed by atoms with Crippen LogP contribution in [0.15, 0.2) is 42.6 Å². The lowest BCUT2D eigenvalue weighted by Gasteiger charge is -2.42. The number of piperazine rings is 1. The monoisotopic (exact) mass is 504 g/mol. The predicted octanol–water partition coefficient (Wildman–Crippen LogP) is 2.61. The van der Waals surface area contributed by atoms with E-state index in [0.717, 1.165) is 61.8 Å². The molecule has 0 N–H and O–H groups in total. The smallest absolute Gasteiger partial charge is 0.339 e. The number of methoxy groups -OCH3 is 1. The van der Waals surface area contributed by atoms with E-state index in [2.05, 4.69) is 26.9 Å². The Morgan fingerprint density at radius 2 is 1.84 bits per heavy atom. The average molecular weight is 505 g/mol. The maximum Gasteiger partial charge on any atom is 0.339 e. The minimum atomic E-state index is -0.378. The SMILES string of the molecule is COC(=O)c1ccc(N2C3CCC2CN(CC(=O)N2CC=C(c4ccc5c(c4)OCCO5)CC2)C3)nc1. The van der Waals surface area contributed by atoms with Crippen molar-refractivity contribution in [1.82, 2.24) is 14.8 Å². The number of hydrogen-bond donors (Lipinski definition) is 0. The van der Waals surface area contributed by atoms with Crippen molar-refractivity contribution in [3.8, 4) is 11.5 Å². The van der Waals surface area contributed by atoms with Crippen molar-refractivity contribution in [3.63, 3.8) is 0 Å². The number of fused-ring (bicyclic) bond motifs is 3. The molecule has 2 bridgehead atoms. The highest BCUT2D eigenvalue weighted by Crippen LogP contribution is 2.35. The average Bonchev–Trinajstić information content (AvgIpc) is 3.22. The van der Waals surface area contributed by atoms with E-state index in [9.17, 15) is 9.59 Å². The van der Waals surface area contributed by atoms with Crippen molar-refractivity contribution < 1.29 is 23.8 Å². The zero-order chi connectivity index (χ0) is 25.4. The molecule has 6 rings (SSSR count). The van der Waals surface area contributed by atoms with E-state index in [-0.39, 0.29) is 11.9 Å². The largest absolute Gasteiger partial charge is 0.486 e. The van der Waals surface area contributed by atoms with Gasteiger partial charge in [0.1, 0.15) is 19.0 Å². The van der Waals surface area contributed by atoms with Gasteiger partial charge in [-0.1, -0.05) is 12.1 Å². The molecule has 1 amide bonds. The van der Waals surface area contributed by atoms with Crippen LogP contribution in [-0.4, -0.2) is 91.8 Å². The van der Waals surface area contributed by atoms with Crippen LogP contribution in [0.25, 0.3) is 5.57 Å². The van der Waals surface area contributed by atoms with Gasteiger partial charge in [0.15, 0.2) is 11.5 Å². The molecule has 0 spiro atoms. The van der Waals surface area contributed by atoms with Crippen LogP contribution >= 0.6 is 0 Å². The van der Waals surface area contributed by atoms with Crippen molar-refractivity contribution in [2.24, 2.45) is 0 Å². The Morgan fingerprint density at radius 3 is 2.51 bits per heavy atom. The van der Waals surface area contributed by atoms with Gasteiger partial charge in [0.25, 0.3) is 0 Å². The maximum atomic E-state index is 13.2. The van der Waals surface area contributed by atoms with E-state index in [0.29, 0.717) is 44.0 Å². The lowest BCUT2D eigenvalue weighted by atomic mass is 9.99. The van der Waals surface area contributed by atoms with Gasteiger partial charge in [-0.15, -0.1) is 0 Å². The van der Waals surface area contributed by atoms with Gasteiger partial charge in [0.05, 0.1) is 19.2 Å². The highest BCUT2D eigenvalue weighted by Gasteiger charge is 2.41. The van der Waals surface area contributed by atoms with Crippen molar-refractivity contribution in [2.75, 3.05) is 57.9 Å². The molecule has 2 unspecified atom stereocenters. The van der Waals surface area contributed by atoms with E-state index in [1.54, 1.807) is 12.3 Å². The molecule has 0 saturated carbocycles. The van der Waals surface area contributed by atoms with Crippen LogP contribution < -0.4 is 14.4 Å². The highest BCUT2D eigenvalue weighted by atomic mass is 16.6. The van der Waals surface area contributed by atoms with Crippen LogP contribution in [0.3, 0.4) is 0 Å². The van der Waals surface area contributed by atoms with Gasteiger partial charge in [-0.3, -0.25) is 9.69 Å². The summed E-state index contributed by atoms with van der Waals surface area (Å²) < 4.78 is 16.1. The molecule has 9 nitrogen and oxygen atoms in total.